The highest BCUT2D eigenvalue weighted by Gasteiger charge is 2.23. The first-order valence-electron chi connectivity index (χ1n) is 7.27. The Hall–Kier alpha value is -0.940. The summed E-state index contributed by atoms with van der Waals surface area (Å²) >= 11 is 0. The van der Waals surface area contributed by atoms with E-state index in [-0.39, 0.29) is 5.92 Å². The van der Waals surface area contributed by atoms with Crippen molar-refractivity contribution in [3.05, 3.63) is 11.7 Å². The number of aryl methyl sites for hydroxylation is 1. The average molecular weight is 269 g/mol. The van der Waals surface area contributed by atoms with E-state index in [0.717, 1.165) is 50.6 Å². The SMILES string of the molecule is CCCNC(C)C(CC)c1nc(CCCOC)no1. The molecular formula is C14H27N3O2. The van der Waals surface area contributed by atoms with Crippen LogP contribution >= 0.6 is 0 Å². The van der Waals surface area contributed by atoms with Crippen molar-refractivity contribution in [2.75, 3.05) is 20.3 Å². The first-order chi connectivity index (χ1) is 9.22. The van der Waals surface area contributed by atoms with E-state index in [4.69, 9.17) is 9.26 Å². The molecule has 0 amide bonds. The molecule has 5 nitrogen and oxygen atoms in total. The van der Waals surface area contributed by atoms with Crippen molar-refractivity contribution in [1.29, 1.82) is 0 Å². The van der Waals surface area contributed by atoms with Crippen LogP contribution in [0.15, 0.2) is 4.52 Å². The standard InChI is InChI=1S/C14H27N3O2/c1-5-9-15-11(3)12(6-2)14-16-13(17-19-14)8-7-10-18-4/h11-12,15H,5-10H2,1-4H3. The third-order valence-corrected chi connectivity index (χ3v) is 3.31. The molecule has 0 radical (unpaired) electrons. The van der Waals surface area contributed by atoms with E-state index in [0.29, 0.717) is 6.04 Å². The van der Waals surface area contributed by atoms with Crippen molar-refractivity contribution in [3.63, 3.8) is 0 Å². The fraction of sp³-hybridized carbons (Fsp3) is 0.857. The number of hydrogen-bond acceptors (Lipinski definition) is 5. The van der Waals surface area contributed by atoms with Crippen LogP contribution in [0.5, 0.6) is 0 Å². The summed E-state index contributed by atoms with van der Waals surface area (Å²) in [5.41, 5.74) is 0. The molecule has 0 aromatic carbocycles. The van der Waals surface area contributed by atoms with Gasteiger partial charge in [-0.1, -0.05) is 19.0 Å². The first-order valence-corrected chi connectivity index (χ1v) is 7.27. The van der Waals surface area contributed by atoms with Crippen molar-refractivity contribution in [2.45, 2.75) is 58.4 Å². The van der Waals surface area contributed by atoms with Gasteiger partial charge in [-0.3, -0.25) is 0 Å². The van der Waals surface area contributed by atoms with E-state index in [9.17, 15) is 0 Å². The van der Waals surface area contributed by atoms with Crippen LogP contribution in [-0.2, 0) is 11.2 Å². The average Bonchev–Trinajstić information content (AvgIpc) is 2.86. The van der Waals surface area contributed by atoms with E-state index in [1.54, 1.807) is 7.11 Å². The maximum atomic E-state index is 5.41. The zero-order valence-corrected chi connectivity index (χ0v) is 12.6. The number of nitrogens with one attached hydrogen (secondary N) is 1. The van der Waals surface area contributed by atoms with Gasteiger partial charge in [-0.15, -0.1) is 0 Å². The number of ether oxygens (including phenoxy) is 1. The molecule has 2 unspecified atom stereocenters. The molecule has 19 heavy (non-hydrogen) atoms. The molecule has 1 rings (SSSR count). The Bertz CT molecular complexity index is 341. The Morgan fingerprint density at radius 1 is 1.37 bits per heavy atom. The number of hydrogen-bond donors (Lipinski definition) is 1. The van der Waals surface area contributed by atoms with Crippen LogP contribution in [0.3, 0.4) is 0 Å². The Balaban J connectivity index is 2.55. The normalized spacial score (nSPS) is 14.5. The lowest BCUT2D eigenvalue weighted by Crippen LogP contribution is -2.32. The largest absolute Gasteiger partial charge is 0.385 e. The minimum Gasteiger partial charge on any atom is -0.385 e. The zero-order chi connectivity index (χ0) is 14.1. The second-order valence-corrected chi connectivity index (χ2v) is 4.90. The van der Waals surface area contributed by atoms with Gasteiger partial charge in [-0.2, -0.15) is 4.98 Å². The van der Waals surface area contributed by atoms with Crippen LogP contribution in [0, 0.1) is 0 Å². The van der Waals surface area contributed by atoms with E-state index < -0.39 is 0 Å². The molecule has 0 bridgehead atoms. The van der Waals surface area contributed by atoms with Crippen molar-refractivity contribution < 1.29 is 9.26 Å². The molecular weight excluding hydrogens is 242 g/mol. The van der Waals surface area contributed by atoms with Crippen LogP contribution < -0.4 is 5.32 Å². The highest BCUT2D eigenvalue weighted by molar-refractivity contribution is 4.98. The quantitative estimate of drug-likeness (QED) is 0.661. The van der Waals surface area contributed by atoms with Gasteiger partial charge in [0.25, 0.3) is 0 Å². The van der Waals surface area contributed by atoms with Gasteiger partial charge < -0.3 is 14.6 Å². The summed E-state index contributed by atoms with van der Waals surface area (Å²) in [5.74, 6) is 1.83. The van der Waals surface area contributed by atoms with Gasteiger partial charge in [-0.05, 0) is 32.7 Å². The third-order valence-electron chi connectivity index (χ3n) is 3.31. The second kappa shape index (κ2) is 9.04. The van der Waals surface area contributed by atoms with Crippen molar-refractivity contribution in [2.24, 2.45) is 0 Å². The topological polar surface area (TPSA) is 60.2 Å². The molecule has 0 saturated carbocycles. The maximum absolute atomic E-state index is 5.41. The van der Waals surface area contributed by atoms with E-state index in [2.05, 4.69) is 36.2 Å². The Morgan fingerprint density at radius 3 is 2.79 bits per heavy atom. The van der Waals surface area contributed by atoms with E-state index in [1.807, 2.05) is 0 Å². The molecule has 1 aromatic rings. The lowest BCUT2D eigenvalue weighted by atomic mass is 9.98. The van der Waals surface area contributed by atoms with Crippen LogP contribution in [0.1, 0.15) is 57.7 Å². The number of nitrogens with zero attached hydrogens (tertiary/aromatic N) is 2. The summed E-state index contributed by atoms with van der Waals surface area (Å²) in [5, 5.41) is 7.55. The molecule has 1 heterocycles. The molecule has 0 saturated heterocycles. The van der Waals surface area contributed by atoms with Crippen molar-refractivity contribution in [3.8, 4) is 0 Å². The maximum Gasteiger partial charge on any atom is 0.231 e. The Kier molecular flexibility index (Phi) is 7.67. The highest BCUT2D eigenvalue weighted by Crippen LogP contribution is 2.22. The zero-order valence-electron chi connectivity index (χ0n) is 12.6. The lowest BCUT2D eigenvalue weighted by molar-refractivity contribution is 0.194. The van der Waals surface area contributed by atoms with Gasteiger partial charge in [0.05, 0.1) is 5.92 Å². The molecule has 0 aliphatic heterocycles. The molecule has 0 aliphatic rings. The molecule has 5 heteroatoms. The van der Waals surface area contributed by atoms with E-state index >= 15 is 0 Å². The number of rotatable bonds is 10. The van der Waals surface area contributed by atoms with Crippen LogP contribution in [-0.4, -0.2) is 36.4 Å². The van der Waals surface area contributed by atoms with Crippen molar-refractivity contribution in [1.82, 2.24) is 15.5 Å². The molecule has 1 N–H and O–H groups in total. The summed E-state index contributed by atoms with van der Waals surface area (Å²) in [7, 11) is 1.70. The number of methoxy groups -OCH3 is 1. The summed E-state index contributed by atoms with van der Waals surface area (Å²) in [6.45, 7) is 8.26. The van der Waals surface area contributed by atoms with Gasteiger partial charge in [0.1, 0.15) is 0 Å². The van der Waals surface area contributed by atoms with Gasteiger partial charge in [0.2, 0.25) is 5.89 Å². The summed E-state index contributed by atoms with van der Waals surface area (Å²) in [6.07, 6.45) is 3.87. The Labute approximate surface area is 116 Å². The second-order valence-electron chi connectivity index (χ2n) is 4.90. The number of aromatic nitrogens is 2. The first kappa shape index (κ1) is 16.1. The minimum absolute atomic E-state index is 0.287. The monoisotopic (exact) mass is 269 g/mol. The molecule has 0 spiro atoms. The van der Waals surface area contributed by atoms with Gasteiger partial charge in [0.15, 0.2) is 5.82 Å². The molecule has 2 atom stereocenters. The third kappa shape index (κ3) is 5.28. The van der Waals surface area contributed by atoms with Crippen LogP contribution in [0.4, 0.5) is 0 Å². The fourth-order valence-electron chi connectivity index (χ4n) is 2.15. The predicted octanol–water partition coefficient (Wildman–Crippen LogP) is 2.53. The van der Waals surface area contributed by atoms with Gasteiger partial charge in [-0.25, -0.2) is 0 Å². The summed E-state index contributed by atoms with van der Waals surface area (Å²) in [6, 6.07) is 0.359. The smallest absolute Gasteiger partial charge is 0.231 e. The van der Waals surface area contributed by atoms with Gasteiger partial charge >= 0.3 is 0 Å². The molecule has 1 aromatic heterocycles. The van der Waals surface area contributed by atoms with Gasteiger partial charge in [0, 0.05) is 26.2 Å². The van der Waals surface area contributed by atoms with E-state index in [1.165, 1.54) is 0 Å². The van der Waals surface area contributed by atoms with Crippen LogP contribution in [0.25, 0.3) is 0 Å². The van der Waals surface area contributed by atoms with Crippen LogP contribution in [0.2, 0.25) is 0 Å². The fourth-order valence-corrected chi connectivity index (χ4v) is 2.15. The highest BCUT2D eigenvalue weighted by atomic mass is 16.5. The minimum atomic E-state index is 0.287. The summed E-state index contributed by atoms with van der Waals surface area (Å²) in [4.78, 5) is 4.51. The molecule has 0 aliphatic carbocycles. The Morgan fingerprint density at radius 2 is 2.16 bits per heavy atom. The molecule has 110 valence electrons. The predicted molar refractivity (Wildman–Crippen MR) is 75.3 cm³/mol. The van der Waals surface area contributed by atoms with Crippen molar-refractivity contribution >= 4 is 0 Å². The summed E-state index contributed by atoms with van der Waals surface area (Å²) < 4.78 is 10.4. The molecule has 0 fully saturated rings. The lowest BCUT2D eigenvalue weighted by Gasteiger charge is -2.20.